The van der Waals surface area contributed by atoms with E-state index in [2.05, 4.69) is 23.9 Å². The van der Waals surface area contributed by atoms with Gasteiger partial charge in [0.25, 0.3) is 15.9 Å². The summed E-state index contributed by atoms with van der Waals surface area (Å²) in [7, 11) is -3.76. The highest BCUT2D eigenvalue weighted by Crippen LogP contribution is 2.24. The highest BCUT2D eigenvalue weighted by Gasteiger charge is 2.18. The lowest BCUT2D eigenvalue weighted by Gasteiger charge is -2.16. The third-order valence-corrected chi connectivity index (χ3v) is 6.74. The Morgan fingerprint density at radius 1 is 0.848 bits per heavy atom. The molecule has 3 aromatic rings. The molecule has 2 N–H and O–H groups in total. The second kappa shape index (κ2) is 10.1. The van der Waals surface area contributed by atoms with Crippen LogP contribution in [0, 0.1) is 13.8 Å². The normalized spacial score (nSPS) is 12.3. The third kappa shape index (κ3) is 6.14. The van der Waals surface area contributed by atoms with Crippen molar-refractivity contribution in [1.29, 1.82) is 0 Å². The van der Waals surface area contributed by atoms with Crippen LogP contribution in [-0.4, -0.2) is 20.4 Å². The minimum absolute atomic E-state index is 0.109. The number of nitrogens with one attached hydrogen (secondary N) is 2. The van der Waals surface area contributed by atoms with Crippen LogP contribution >= 0.6 is 0 Å². The molecular formula is C26H30N2O4S. The molecule has 0 aliphatic rings. The number of ether oxygens (including phenoxy) is 1. The van der Waals surface area contributed by atoms with Crippen LogP contribution in [0.1, 0.15) is 43.4 Å². The van der Waals surface area contributed by atoms with Crippen LogP contribution in [0.3, 0.4) is 0 Å². The summed E-state index contributed by atoms with van der Waals surface area (Å²) < 4.78 is 34.0. The molecule has 0 heterocycles. The van der Waals surface area contributed by atoms with Crippen LogP contribution in [0.15, 0.2) is 71.6 Å². The number of hydrogen-bond acceptors (Lipinski definition) is 4. The van der Waals surface area contributed by atoms with Gasteiger partial charge in [-0.15, -0.1) is 0 Å². The molecule has 0 saturated carbocycles. The molecule has 174 valence electrons. The van der Waals surface area contributed by atoms with Gasteiger partial charge in [-0.1, -0.05) is 44.2 Å². The molecule has 0 aromatic heterocycles. The first-order valence-electron chi connectivity index (χ1n) is 10.8. The van der Waals surface area contributed by atoms with Crippen molar-refractivity contribution in [2.75, 3.05) is 10.0 Å². The van der Waals surface area contributed by atoms with Gasteiger partial charge in [-0.2, -0.15) is 0 Å². The highest BCUT2D eigenvalue weighted by molar-refractivity contribution is 7.92. The van der Waals surface area contributed by atoms with Crippen LogP contribution in [0.2, 0.25) is 0 Å². The molecule has 0 bridgehead atoms. The topological polar surface area (TPSA) is 84.5 Å². The second-order valence-electron chi connectivity index (χ2n) is 8.37. The van der Waals surface area contributed by atoms with E-state index in [1.165, 1.54) is 17.7 Å². The van der Waals surface area contributed by atoms with E-state index in [4.69, 9.17) is 4.74 Å². The number of para-hydroxylation sites is 1. The van der Waals surface area contributed by atoms with Gasteiger partial charge < -0.3 is 10.1 Å². The van der Waals surface area contributed by atoms with Crippen molar-refractivity contribution in [3.8, 4) is 5.75 Å². The molecule has 33 heavy (non-hydrogen) atoms. The van der Waals surface area contributed by atoms with Gasteiger partial charge in [0.15, 0.2) is 6.10 Å². The number of carbonyl (C=O) groups is 1. The Balaban J connectivity index is 1.64. The molecule has 1 unspecified atom stereocenters. The number of rotatable bonds is 8. The fourth-order valence-electron chi connectivity index (χ4n) is 3.32. The van der Waals surface area contributed by atoms with E-state index in [1.54, 1.807) is 19.1 Å². The summed E-state index contributed by atoms with van der Waals surface area (Å²) in [6, 6.07) is 19.3. The van der Waals surface area contributed by atoms with Gasteiger partial charge in [0.2, 0.25) is 0 Å². The zero-order valence-corrected chi connectivity index (χ0v) is 20.4. The van der Waals surface area contributed by atoms with Crippen molar-refractivity contribution in [3.05, 3.63) is 83.4 Å². The molecule has 3 aromatic carbocycles. The number of hydrogen-bond donors (Lipinski definition) is 2. The standard InChI is InChI=1S/C26H30N2O4S/c1-17(2)21-9-13-23(14-10-21)32-20(5)26(29)27-22-11-15-24(16-12-22)33(30,31)28-25-18(3)7-6-8-19(25)4/h6-17,20,28H,1-5H3,(H,27,29). The predicted molar refractivity (Wildman–Crippen MR) is 132 cm³/mol. The average molecular weight is 467 g/mol. The van der Waals surface area contributed by atoms with E-state index in [1.807, 2.05) is 56.3 Å². The van der Waals surface area contributed by atoms with Crippen LogP contribution in [0.5, 0.6) is 5.75 Å². The lowest BCUT2D eigenvalue weighted by molar-refractivity contribution is -0.122. The van der Waals surface area contributed by atoms with Gasteiger partial charge in [0.05, 0.1) is 10.6 Å². The number of anilines is 2. The number of sulfonamides is 1. The first-order chi connectivity index (χ1) is 15.6. The summed E-state index contributed by atoms with van der Waals surface area (Å²) in [6.45, 7) is 9.60. The SMILES string of the molecule is Cc1cccc(C)c1NS(=O)(=O)c1ccc(NC(=O)C(C)Oc2ccc(C(C)C)cc2)cc1. The lowest BCUT2D eigenvalue weighted by atomic mass is 10.0. The van der Waals surface area contributed by atoms with E-state index in [9.17, 15) is 13.2 Å². The first kappa shape index (κ1) is 24.3. The van der Waals surface area contributed by atoms with Crippen LogP contribution in [0.4, 0.5) is 11.4 Å². The van der Waals surface area contributed by atoms with Crippen molar-refractivity contribution in [1.82, 2.24) is 0 Å². The largest absolute Gasteiger partial charge is 0.481 e. The fourth-order valence-corrected chi connectivity index (χ4v) is 4.52. The Morgan fingerprint density at radius 3 is 1.97 bits per heavy atom. The molecule has 0 spiro atoms. The van der Waals surface area contributed by atoms with Crippen molar-refractivity contribution in [2.24, 2.45) is 0 Å². The smallest absolute Gasteiger partial charge is 0.265 e. The van der Waals surface area contributed by atoms with E-state index >= 15 is 0 Å². The number of carbonyl (C=O) groups excluding carboxylic acids is 1. The maximum Gasteiger partial charge on any atom is 0.265 e. The monoisotopic (exact) mass is 466 g/mol. The zero-order valence-electron chi connectivity index (χ0n) is 19.5. The summed E-state index contributed by atoms with van der Waals surface area (Å²) in [6.07, 6.45) is -0.719. The van der Waals surface area contributed by atoms with Gasteiger partial charge in [0, 0.05) is 5.69 Å². The maximum atomic E-state index is 12.8. The molecule has 1 atom stereocenters. The van der Waals surface area contributed by atoms with Gasteiger partial charge in [-0.05, 0) is 79.8 Å². The summed E-state index contributed by atoms with van der Waals surface area (Å²) >= 11 is 0. The minimum Gasteiger partial charge on any atom is -0.481 e. The summed E-state index contributed by atoms with van der Waals surface area (Å²) in [5, 5.41) is 2.76. The summed E-state index contributed by atoms with van der Waals surface area (Å²) in [4.78, 5) is 12.6. The molecule has 0 radical (unpaired) electrons. The Bertz CT molecular complexity index is 1200. The molecule has 7 heteroatoms. The van der Waals surface area contributed by atoms with Gasteiger partial charge in [-0.3, -0.25) is 9.52 Å². The number of benzene rings is 3. The number of amides is 1. The minimum atomic E-state index is -3.76. The van der Waals surface area contributed by atoms with Crippen LogP contribution in [-0.2, 0) is 14.8 Å². The molecule has 3 rings (SSSR count). The van der Waals surface area contributed by atoms with Gasteiger partial charge >= 0.3 is 0 Å². The van der Waals surface area contributed by atoms with E-state index in [-0.39, 0.29) is 10.8 Å². The molecular weight excluding hydrogens is 436 g/mol. The molecule has 0 aliphatic carbocycles. The maximum absolute atomic E-state index is 12.8. The Hall–Kier alpha value is -3.32. The quantitative estimate of drug-likeness (QED) is 0.450. The molecule has 0 fully saturated rings. The van der Waals surface area contributed by atoms with Crippen molar-refractivity contribution in [3.63, 3.8) is 0 Å². The molecule has 0 aliphatic heterocycles. The van der Waals surface area contributed by atoms with Gasteiger partial charge in [0.1, 0.15) is 5.75 Å². The van der Waals surface area contributed by atoms with Crippen molar-refractivity contribution >= 4 is 27.3 Å². The molecule has 0 saturated heterocycles. The summed E-state index contributed by atoms with van der Waals surface area (Å²) in [5.41, 5.74) is 3.94. The lowest BCUT2D eigenvalue weighted by Crippen LogP contribution is -2.30. The predicted octanol–water partition coefficient (Wildman–Crippen LogP) is 5.63. The molecule has 6 nitrogen and oxygen atoms in total. The van der Waals surface area contributed by atoms with E-state index in [0.29, 0.717) is 23.0 Å². The first-order valence-corrected chi connectivity index (χ1v) is 12.3. The zero-order chi connectivity index (χ0) is 24.2. The Morgan fingerprint density at radius 2 is 1.42 bits per heavy atom. The second-order valence-corrected chi connectivity index (χ2v) is 10.1. The summed E-state index contributed by atoms with van der Waals surface area (Å²) in [5.74, 6) is 0.704. The van der Waals surface area contributed by atoms with E-state index in [0.717, 1.165) is 11.1 Å². The van der Waals surface area contributed by atoms with Crippen LogP contribution in [0.25, 0.3) is 0 Å². The third-order valence-electron chi connectivity index (χ3n) is 5.38. The fraction of sp³-hybridized carbons (Fsp3) is 0.269. The Kier molecular flexibility index (Phi) is 7.43. The highest BCUT2D eigenvalue weighted by atomic mass is 32.2. The van der Waals surface area contributed by atoms with Gasteiger partial charge in [-0.25, -0.2) is 8.42 Å². The molecule has 1 amide bonds. The van der Waals surface area contributed by atoms with E-state index < -0.39 is 16.1 Å². The van der Waals surface area contributed by atoms with Crippen molar-refractivity contribution < 1.29 is 17.9 Å². The average Bonchev–Trinajstić information content (AvgIpc) is 2.77. The Labute approximate surface area is 196 Å². The number of aryl methyl sites for hydroxylation is 2. The van der Waals surface area contributed by atoms with Crippen LogP contribution < -0.4 is 14.8 Å². The van der Waals surface area contributed by atoms with Crippen molar-refractivity contribution in [2.45, 2.75) is 51.5 Å².